The highest BCUT2D eigenvalue weighted by Crippen LogP contribution is 2.42. The van der Waals surface area contributed by atoms with Gasteiger partial charge in [-0.2, -0.15) is 8.42 Å². The number of hydrogen-bond acceptors (Lipinski definition) is 16. The molecular formula is C63H60N6O11S3. The summed E-state index contributed by atoms with van der Waals surface area (Å²) in [6.45, 7) is 9.80. The number of oxime groups is 1. The topological polar surface area (TPSA) is 221 Å². The maximum Gasteiger partial charge on any atom is 0.353 e. The van der Waals surface area contributed by atoms with Crippen LogP contribution < -0.4 is 16.0 Å². The van der Waals surface area contributed by atoms with Crippen molar-refractivity contribution in [1.29, 1.82) is 0 Å². The van der Waals surface area contributed by atoms with Crippen molar-refractivity contribution >= 4 is 73.7 Å². The number of rotatable bonds is 21. The van der Waals surface area contributed by atoms with Crippen molar-refractivity contribution in [2.75, 3.05) is 11.1 Å². The number of thioether (sulfide) groups is 1. The van der Waals surface area contributed by atoms with Crippen LogP contribution in [0.3, 0.4) is 0 Å². The van der Waals surface area contributed by atoms with Crippen molar-refractivity contribution in [3.63, 3.8) is 0 Å². The number of aromatic nitrogens is 1. The van der Waals surface area contributed by atoms with E-state index in [9.17, 15) is 32.4 Å². The minimum atomic E-state index is -4.29. The lowest BCUT2D eigenvalue weighted by Gasteiger charge is -2.50. The number of esters is 2. The summed E-state index contributed by atoms with van der Waals surface area (Å²) >= 11 is 2.38. The fourth-order valence-electron chi connectivity index (χ4n) is 9.07. The van der Waals surface area contributed by atoms with Gasteiger partial charge in [0, 0.05) is 16.7 Å². The lowest BCUT2D eigenvalue weighted by atomic mass is 9.77. The van der Waals surface area contributed by atoms with Crippen molar-refractivity contribution in [1.82, 2.24) is 20.5 Å². The molecule has 0 spiro atoms. The first-order valence-corrected chi connectivity index (χ1v) is 29.7. The van der Waals surface area contributed by atoms with Crippen molar-refractivity contribution < 1.29 is 50.9 Å². The number of carbonyl (C=O) groups excluding carboxylic acids is 5. The molecule has 3 amide bonds. The molecule has 7 aromatic rings. The number of β-lactam (4-membered cyclic amide) rings is 1. The lowest BCUT2D eigenvalue weighted by Crippen LogP contribution is -2.71. The van der Waals surface area contributed by atoms with E-state index in [0.29, 0.717) is 16.3 Å². The number of carbonyl (C=O) groups is 5. The molecule has 0 saturated carbocycles. The number of allylic oxidation sites excluding steroid dienone is 1. The van der Waals surface area contributed by atoms with Crippen LogP contribution in [0.1, 0.15) is 86.2 Å². The van der Waals surface area contributed by atoms with Gasteiger partial charge in [0.25, 0.3) is 11.8 Å². The molecule has 83 heavy (non-hydrogen) atoms. The molecule has 17 nitrogen and oxygen atoms in total. The molecule has 0 bridgehead atoms. The van der Waals surface area contributed by atoms with Gasteiger partial charge in [0.05, 0.1) is 0 Å². The standard InChI is InChI=1S/C63H60N6O11S3/c1-41-32-34-48(35-33-41)83(75,76)77-37-36-44-39-81-58-53(57(73)69(58)55(44)65-50(70)38-51(71)78-54(42-22-12-7-13-23-42)43-24-14-8-15-25-43)66-56(72)52(68-80-62(5,6)59(74)79-61(2,3)4)49-40-82-60(64-49)67-63(45-26-16-9-17-27-45,46-28-18-10-19-29-46)47-30-20-11-21-31-47/h7-37,40,53-54,58H,38-39H2,1-6H3,(H,64,67)(H,65,70)(H,66,72). The van der Waals surface area contributed by atoms with Gasteiger partial charge < -0.3 is 34.4 Å². The van der Waals surface area contributed by atoms with E-state index >= 15 is 0 Å². The third-order valence-electron chi connectivity index (χ3n) is 13.2. The molecule has 3 N–H and O–H groups in total. The van der Waals surface area contributed by atoms with Gasteiger partial charge >= 0.3 is 22.1 Å². The molecule has 2 unspecified atom stereocenters. The average molecular weight is 1170 g/mol. The first-order valence-electron chi connectivity index (χ1n) is 26.4. The van der Waals surface area contributed by atoms with E-state index in [0.717, 1.165) is 28.5 Å². The second-order valence-electron chi connectivity index (χ2n) is 20.9. The van der Waals surface area contributed by atoms with E-state index < -0.39 is 80.5 Å². The molecule has 2 aliphatic rings. The molecule has 1 aromatic heterocycles. The Morgan fingerprint density at radius 2 is 1.29 bits per heavy atom. The maximum atomic E-state index is 14.9. The van der Waals surface area contributed by atoms with Crippen molar-refractivity contribution in [2.24, 2.45) is 5.16 Å². The highest BCUT2D eigenvalue weighted by Gasteiger charge is 2.53. The average Bonchev–Trinajstić information content (AvgIpc) is 1.67. The molecule has 1 fully saturated rings. The van der Waals surface area contributed by atoms with Gasteiger partial charge in [-0.15, -0.1) is 23.1 Å². The van der Waals surface area contributed by atoms with Crippen LogP contribution in [0.25, 0.3) is 0 Å². The van der Waals surface area contributed by atoms with Gasteiger partial charge in [-0.25, -0.2) is 9.78 Å². The van der Waals surface area contributed by atoms with Gasteiger partial charge in [-0.1, -0.05) is 175 Å². The van der Waals surface area contributed by atoms with E-state index in [2.05, 4.69) is 21.1 Å². The first-order chi connectivity index (χ1) is 39.7. The summed E-state index contributed by atoms with van der Waals surface area (Å²) in [4.78, 5) is 82.4. The predicted molar refractivity (Wildman–Crippen MR) is 317 cm³/mol. The Balaban J connectivity index is 1.01. The maximum absolute atomic E-state index is 14.9. The van der Waals surface area contributed by atoms with Crippen molar-refractivity contribution in [3.8, 4) is 0 Å². The number of hydrogen-bond donors (Lipinski definition) is 3. The summed E-state index contributed by atoms with van der Waals surface area (Å²) in [5.74, 6) is -4.10. The van der Waals surface area contributed by atoms with Gasteiger partial charge in [0.15, 0.2) is 16.9 Å². The summed E-state index contributed by atoms with van der Waals surface area (Å²) < 4.78 is 43.2. The van der Waals surface area contributed by atoms with Crippen LogP contribution in [0.5, 0.6) is 0 Å². The van der Waals surface area contributed by atoms with Crippen LogP contribution >= 0.6 is 23.1 Å². The number of anilines is 1. The van der Waals surface area contributed by atoms with Crippen LogP contribution in [0.4, 0.5) is 5.13 Å². The van der Waals surface area contributed by atoms with Crippen LogP contribution in [0.2, 0.25) is 0 Å². The summed E-state index contributed by atoms with van der Waals surface area (Å²) in [6.07, 6.45) is 0.609. The van der Waals surface area contributed by atoms with Gasteiger partial charge in [0.2, 0.25) is 11.5 Å². The number of aryl methyl sites for hydroxylation is 1. The molecule has 0 aliphatic carbocycles. The smallest absolute Gasteiger partial charge is 0.353 e. The Morgan fingerprint density at radius 3 is 1.82 bits per heavy atom. The molecular weight excluding hydrogens is 1110 g/mol. The fourth-order valence-corrected chi connectivity index (χ4v) is 11.9. The Kier molecular flexibility index (Phi) is 17.8. The van der Waals surface area contributed by atoms with Gasteiger partial charge in [0.1, 0.15) is 51.6 Å². The molecule has 6 aromatic carbocycles. The first kappa shape index (κ1) is 58.8. The largest absolute Gasteiger partial charge is 0.457 e. The molecule has 426 valence electrons. The molecule has 9 rings (SSSR count). The number of ether oxygens (including phenoxy) is 2. The minimum Gasteiger partial charge on any atom is -0.457 e. The Hall–Kier alpha value is -8.85. The van der Waals surface area contributed by atoms with Crippen molar-refractivity contribution in [3.05, 3.63) is 244 Å². The monoisotopic (exact) mass is 1170 g/mol. The molecule has 20 heteroatoms. The van der Waals surface area contributed by atoms with E-state index in [1.165, 1.54) is 60.1 Å². The zero-order valence-electron chi connectivity index (χ0n) is 46.2. The van der Waals surface area contributed by atoms with Gasteiger partial charge in [-0.05, 0) is 87.6 Å². The summed E-state index contributed by atoms with van der Waals surface area (Å²) in [5.41, 5.74) is 1.14. The zero-order chi connectivity index (χ0) is 58.9. The second kappa shape index (κ2) is 25.1. The quantitative estimate of drug-likeness (QED) is 0.00891. The van der Waals surface area contributed by atoms with Crippen LogP contribution in [-0.2, 0) is 58.1 Å². The van der Waals surface area contributed by atoms with E-state index in [1.54, 1.807) is 86.8 Å². The molecule has 2 aliphatic heterocycles. The summed E-state index contributed by atoms with van der Waals surface area (Å²) in [6, 6.07) is 52.4. The normalized spacial score (nSPS) is 15.7. The van der Waals surface area contributed by atoms with Crippen molar-refractivity contribution in [2.45, 2.75) is 87.1 Å². The second-order valence-corrected chi connectivity index (χ2v) is 24.4. The van der Waals surface area contributed by atoms with E-state index in [4.69, 9.17) is 23.5 Å². The highest BCUT2D eigenvalue weighted by molar-refractivity contribution is 8.00. The number of nitrogens with zero attached hydrogens (tertiary/aromatic N) is 3. The summed E-state index contributed by atoms with van der Waals surface area (Å²) in [7, 11) is -4.29. The zero-order valence-corrected chi connectivity index (χ0v) is 48.6. The van der Waals surface area contributed by atoms with Crippen LogP contribution in [0, 0.1) is 6.92 Å². The summed E-state index contributed by atoms with van der Waals surface area (Å²) in [5, 5.41) is 14.6. The Labute approximate surface area is 489 Å². The Bertz CT molecular complexity index is 3550. The number of amides is 3. The molecule has 3 heterocycles. The lowest BCUT2D eigenvalue weighted by molar-refractivity contribution is -0.179. The number of benzene rings is 6. The number of thiazole rings is 1. The van der Waals surface area contributed by atoms with Crippen LogP contribution in [-0.4, -0.2) is 82.0 Å². The SMILES string of the molecule is Cc1ccc(S(=O)(=O)OC=CC2=C(NC(=O)CC(=O)OC(c3ccccc3)c3ccccc3)N3C(=O)C(NC(=O)C(=NOC(C)(C)C(=O)OC(C)(C)C)c4csc(NC(c5ccccc5)(c5ccccc5)c5ccccc5)n4)C3SC2)cc1. The predicted octanol–water partition coefficient (Wildman–Crippen LogP) is 10.1. The van der Waals surface area contributed by atoms with E-state index in [-0.39, 0.29) is 33.4 Å². The molecule has 1 saturated heterocycles. The number of fused-ring (bicyclic) bond motifs is 1. The fraction of sp³-hybridized carbons (Fsp3) is 0.222. The molecule has 2 atom stereocenters. The van der Waals surface area contributed by atoms with Crippen LogP contribution in [0.15, 0.2) is 215 Å². The third kappa shape index (κ3) is 13.7. The van der Waals surface area contributed by atoms with E-state index in [1.807, 2.05) is 110 Å². The number of nitrogens with one attached hydrogen (secondary N) is 3. The Morgan fingerprint density at radius 1 is 0.759 bits per heavy atom. The molecule has 0 radical (unpaired) electrons. The third-order valence-corrected chi connectivity index (χ3v) is 16.5. The minimum absolute atomic E-state index is 0.0347. The van der Waals surface area contributed by atoms with Gasteiger partial charge in [-0.3, -0.25) is 24.1 Å². The highest BCUT2D eigenvalue weighted by atomic mass is 32.2.